The van der Waals surface area contributed by atoms with Crippen LogP contribution in [-0.4, -0.2) is 36.5 Å². The number of carbonyl (C=O) groups is 1. The van der Waals surface area contributed by atoms with Crippen LogP contribution in [0.4, 0.5) is 5.69 Å². The van der Waals surface area contributed by atoms with Gasteiger partial charge in [-0.1, -0.05) is 18.2 Å². The van der Waals surface area contributed by atoms with Gasteiger partial charge in [-0.2, -0.15) is 0 Å². The summed E-state index contributed by atoms with van der Waals surface area (Å²) in [6, 6.07) is 9.35. The van der Waals surface area contributed by atoms with Crippen LogP contribution in [-0.2, 0) is 4.79 Å². The van der Waals surface area contributed by atoms with Crippen molar-refractivity contribution in [2.24, 2.45) is 5.92 Å². The average Bonchev–Trinajstić information content (AvgIpc) is 2.89. The molecular weight excluding hydrogens is 262 g/mol. The van der Waals surface area contributed by atoms with Gasteiger partial charge in [-0.15, -0.1) is 0 Å². The number of nitrogens with zero attached hydrogens (tertiary/aromatic N) is 1. The summed E-state index contributed by atoms with van der Waals surface area (Å²) in [5.41, 5.74) is 2.06. The second-order valence-electron chi connectivity index (χ2n) is 6.81. The predicted molar refractivity (Wildman–Crippen MR) is 83.1 cm³/mol. The molecule has 2 saturated heterocycles. The van der Waals surface area contributed by atoms with E-state index < -0.39 is 0 Å². The van der Waals surface area contributed by atoms with Crippen LogP contribution in [0.15, 0.2) is 24.3 Å². The molecule has 3 aliphatic heterocycles. The highest BCUT2D eigenvalue weighted by Gasteiger charge is 2.39. The van der Waals surface area contributed by atoms with Gasteiger partial charge in [-0.25, -0.2) is 0 Å². The first-order valence-corrected chi connectivity index (χ1v) is 8.07. The Balaban J connectivity index is 1.41. The third-order valence-corrected chi connectivity index (χ3v) is 5.60. The zero-order valence-corrected chi connectivity index (χ0v) is 12.5. The fraction of sp³-hybridized carbons (Fsp3) is 0.588. The van der Waals surface area contributed by atoms with Gasteiger partial charge in [0.25, 0.3) is 0 Å². The van der Waals surface area contributed by atoms with Gasteiger partial charge in [-0.05, 0) is 51.3 Å². The molecule has 2 N–H and O–H groups in total. The van der Waals surface area contributed by atoms with Crippen LogP contribution in [0, 0.1) is 5.92 Å². The first kappa shape index (κ1) is 13.3. The molecule has 3 atom stereocenters. The molecule has 3 unspecified atom stereocenters. The standard InChI is InChI=1S/C17H23N3O/c1-20-12-6-7-13(20)9-11(8-12)10-18-16-14-4-2-3-5-15(14)19-17(16)21/h2-5,11-13,16,18H,6-10H2,1H3,(H,19,21). The van der Waals surface area contributed by atoms with Crippen molar-refractivity contribution >= 4 is 11.6 Å². The number of rotatable bonds is 3. The zero-order valence-electron chi connectivity index (χ0n) is 12.5. The number of piperidine rings is 1. The number of benzene rings is 1. The minimum Gasteiger partial charge on any atom is -0.324 e. The summed E-state index contributed by atoms with van der Waals surface area (Å²) in [7, 11) is 2.27. The first-order chi connectivity index (χ1) is 10.2. The van der Waals surface area contributed by atoms with Crippen molar-refractivity contribution in [3.8, 4) is 0 Å². The lowest BCUT2D eigenvalue weighted by molar-refractivity contribution is -0.117. The monoisotopic (exact) mass is 285 g/mol. The second-order valence-corrected chi connectivity index (χ2v) is 6.81. The summed E-state index contributed by atoms with van der Waals surface area (Å²) in [5.74, 6) is 0.798. The largest absolute Gasteiger partial charge is 0.324 e. The topological polar surface area (TPSA) is 44.4 Å². The molecule has 21 heavy (non-hydrogen) atoms. The van der Waals surface area contributed by atoms with Crippen LogP contribution in [0.1, 0.15) is 37.3 Å². The highest BCUT2D eigenvalue weighted by Crippen LogP contribution is 2.37. The minimum atomic E-state index is -0.168. The van der Waals surface area contributed by atoms with E-state index in [0.29, 0.717) is 5.92 Å². The molecule has 4 rings (SSSR count). The molecule has 1 amide bonds. The van der Waals surface area contributed by atoms with E-state index in [9.17, 15) is 4.79 Å². The molecule has 0 aromatic heterocycles. The van der Waals surface area contributed by atoms with Crippen LogP contribution in [0.25, 0.3) is 0 Å². The van der Waals surface area contributed by atoms with Crippen LogP contribution in [0.3, 0.4) is 0 Å². The van der Waals surface area contributed by atoms with E-state index in [4.69, 9.17) is 0 Å². The van der Waals surface area contributed by atoms with E-state index in [0.717, 1.165) is 29.9 Å². The van der Waals surface area contributed by atoms with Crippen LogP contribution < -0.4 is 10.6 Å². The molecule has 2 bridgehead atoms. The molecule has 1 aromatic carbocycles. The maximum Gasteiger partial charge on any atom is 0.246 e. The van der Waals surface area contributed by atoms with E-state index in [-0.39, 0.29) is 11.9 Å². The maximum absolute atomic E-state index is 12.1. The molecule has 0 radical (unpaired) electrons. The van der Waals surface area contributed by atoms with Crippen molar-refractivity contribution in [2.75, 3.05) is 18.9 Å². The molecule has 0 aliphatic carbocycles. The highest BCUT2D eigenvalue weighted by molar-refractivity contribution is 6.02. The van der Waals surface area contributed by atoms with Crippen molar-refractivity contribution in [3.05, 3.63) is 29.8 Å². The van der Waals surface area contributed by atoms with Gasteiger partial charge in [0.2, 0.25) is 5.91 Å². The number of anilines is 1. The number of hydrogen-bond donors (Lipinski definition) is 2. The maximum atomic E-state index is 12.1. The SMILES string of the molecule is CN1C2CCC1CC(CNC1C(=O)Nc3ccccc31)C2. The summed E-state index contributed by atoms with van der Waals surface area (Å²) < 4.78 is 0. The van der Waals surface area contributed by atoms with Gasteiger partial charge in [0, 0.05) is 23.3 Å². The van der Waals surface area contributed by atoms with Gasteiger partial charge >= 0.3 is 0 Å². The summed E-state index contributed by atoms with van der Waals surface area (Å²) in [6.45, 7) is 0.952. The van der Waals surface area contributed by atoms with E-state index in [2.05, 4.69) is 22.6 Å². The molecule has 112 valence electrons. The van der Waals surface area contributed by atoms with Crippen LogP contribution in [0.5, 0.6) is 0 Å². The second kappa shape index (κ2) is 5.11. The molecule has 4 nitrogen and oxygen atoms in total. The average molecular weight is 285 g/mol. The third kappa shape index (κ3) is 2.27. The van der Waals surface area contributed by atoms with Crippen molar-refractivity contribution in [3.63, 3.8) is 0 Å². The summed E-state index contributed by atoms with van der Waals surface area (Å²) >= 11 is 0. The smallest absolute Gasteiger partial charge is 0.246 e. The summed E-state index contributed by atoms with van der Waals surface area (Å²) in [4.78, 5) is 14.7. The summed E-state index contributed by atoms with van der Waals surface area (Å²) in [6.07, 6.45) is 5.25. The predicted octanol–water partition coefficient (Wildman–Crippen LogP) is 2.14. The normalized spacial score (nSPS) is 34.8. The lowest BCUT2D eigenvalue weighted by Crippen LogP contribution is -2.43. The Labute approximate surface area is 125 Å². The van der Waals surface area contributed by atoms with Crippen LogP contribution >= 0.6 is 0 Å². The minimum absolute atomic E-state index is 0.0899. The number of carbonyl (C=O) groups excluding carboxylic acids is 1. The van der Waals surface area contributed by atoms with Gasteiger partial charge in [0.15, 0.2) is 0 Å². The molecule has 4 heteroatoms. The van der Waals surface area contributed by atoms with Crippen molar-refractivity contribution < 1.29 is 4.79 Å². The first-order valence-electron chi connectivity index (χ1n) is 8.07. The highest BCUT2D eigenvalue weighted by atomic mass is 16.2. The Morgan fingerprint density at radius 1 is 1.24 bits per heavy atom. The third-order valence-electron chi connectivity index (χ3n) is 5.60. The van der Waals surface area contributed by atoms with E-state index in [1.165, 1.54) is 25.7 Å². The van der Waals surface area contributed by atoms with E-state index in [1.54, 1.807) is 0 Å². The number of para-hydroxylation sites is 1. The van der Waals surface area contributed by atoms with Gasteiger partial charge in [0.05, 0.1) is 0 Å². The van der Waals surface area contributed by atoms with Crippen molar-refractivity contribution in [1.29, 1.82) is 0 Å². The number of fused-ring (bicyclic) bond motifs is 3. The van der Waals surface area contributed by atoms with Crippen LogP contribution in [0.2, 0.25) is 0 Å². The van der Waals surface area contributed by atoms with Gasteiger partial charge < -0.3 is 15.5 Å². The molecule has 3 heterocycles. The Bertz CT molecular complexity index is 545. The van der Waals surface area contributed by atoms with Gasteiger partial charge in [-0.3, -0.25) is 4.79 Å². The Morgan fingerprint density at radius 3 is 2.71 bits per heavy atom. The van der Waals surface area contributed by atoms with E-state index >= 15 is 0 Å². The van der Waals surface area contributed by atoms with Gasteiger partial charge in [0.1, 0.15) is 6.04 Å². The van der Waals surface area contributed by atoms with Crippen molar-refractivity contribution in [2.45, 2.75) is 43.8 Å². The summed E-state index contributed by atoms with van der Waals surface area (Å²) in [5, 5.41) is 6.47. The molecule has 0 saturated carbocycles. The quantitative estimate of drug-likeness (QED) is 0.894. The Kier molecular flexibility index (Phi) is 3.23. The Hall–Kier alpha value is -1.39. The number of amides is 1. The molecule has 0 spiro atoms. The fourth-order valence-electron chi connectivity index (χ4n) is 4.39. The number of nitrogens with one attached hydrogen (secondary N) is 2. The lowest BCUT2D eigenvalue weighted by Gasteiger charge is -2.36. The zero-order chi connectivity index (χ0) is 14.4. The Morgan fingerprint density at radius 2 is 1.95 bits per heavy atom. The molecule has 1 aromatic rings. The molecular formula is C17H23N3O. The van der Waals surface area contributed by atoms with Crippen molar-refractivity contribution in [1.82, 2.24) is 10.2 Å². The van der Waals surface area contributed by atoms with E-state index in [1.807, 2.05) is 24.3 Å². The lowest BCUT2D eigenvalue weighted by atomic mass is 9.90. The molecule has 3 aliphatic rings. The number of hydrogen-bond acceptors (Lipinski definition) is 3. The fourth-order valence-corrected chi connectivity index (χ4v) is 4.39. The molecule has 2 fully saturated rings.